The van der Waals surface area contributed by atoms with Gasteiger partial charge in [0, 0.05) is 49.4 Å². The highest BCUT2D eigenvalue weighted by Crippen LogP contribution is 2.23. The summed E-state index contributed by atoms with van der Waals surface area (Å²) >= 11 is 2.11. The lowest BCUT2D eigenvalue weighted by Gasteiger charge is -2.32. The minimum absolute atomic E-state index is 0.804. The molecule has 1 N–H and O–H groups in total. The summed E-state index contributed by atoms with van der Waals surface area (Å²) in [5.74, 6) is 2.27. The van der Waals surface area contributed by atoms with Crippen LogP contribution in [-0.2, 0) is 6.54 Å². The Morgan fingerprint density at radius 1 is 1.59 bits per heavy atom. The van der Waals surface area contributed by atoms with E-state index in [2.05, 4.69) is 40.0 Å². The maximum atomic E-state index is 4.36. The third-order valence-electron chi connectivity index (χ3n) is 3.20. The van der Waals surface area contributed by atoms with Crippen LogP contribution in [0, 0.1) is 0 Å². The fourth-order valence-electron chi connectivity index (χ4n) is 2.20. The molecule has 0 aromatic carbocycles. The zero-order valence-corrected chi connectivity index (χ0v) is 11.5. The molecule has 1 atom stereocenters. The zero-order valence-electron chi connectivity index (χ0n) is 10.6. The van der Waals surface area contributed by atoms with E-state index in [1.807, 2.05) is 19.3 Å². The molecule has 1 aliphatic rings. The highest BCUT2D eigenvalue weighted by molar-refractivity contribution is 8.00. The maximum Gasteiger partial charge on any atom is 0.130 e. The van der Waals surface area contributed by atoms with Gasteiger partial charge in [-0.25, -0.2) is 4.98 Å². The van der Waals surface area contributed by atoms with Crippen LogP contribution in [0.25, 0.3) is 0 Å². The molecule has 0 radical (unpaired) electrons. The van der Waals surface area contributed by atoms with E-state index < -0.39 is 0 Å². The fraction of sp³-hybridized carbons (Fsp3) is 0.615. The first-order valence-electron chi connectivity index (χ1n) is 6.29. The van der Waals surface area contributed by atoms with Crippen LogP contribution in [0.15, 0.2) is 18.3 Å². The van der Waals surface area contributed by atoms with Gasteiger partial charge in [-0.3, -0.25) is 4.90 Å². The standard InChI is InChI=1S/C13H21N3S/c1-3-12-10-16(7-8-17-12)9-11-5-4-6-15-13(11)14-2/h4-6,12H,3,7-10H2,1-2H3,(H,14,15). The minimum atomic E-state index is 0.804. The highest BCUT2D eigenvalue weighted by atomic mass is 32.2. The average molecular weight is 251 g/mol. The summed E-state index contributed by atoms with van der Waals surface area (Å²) in [5.41, 5.74) is 1.30. The third kappa shape index (κ3) is 3.36. The van der Waals surface area contributed by atoms with Gasteiger partial charge < -0.3 is 5.32 Å². The van der Waals surface area contributed by atoms with Crippen molar-refractivity contribution in [2.24, 2.45) is 0 Å². The van der Waals surface area contributed by atoms with Crippen molar-refractivity contribution in [1.29, 1.82) is 0 Å². The molecule has 2 heterocycles. The van der Waals surface area contributed by atoms with Crippen molar-refractivity contribution >= 4 is 17.6 Å². The Morgan fingerprint density at radius 3 is 3.24 bits per heavy atom. The number of rotatable bonds is 4. The number of pyridine rings is 1. The highest BCUT2D eigenvalue weighted by Gasteiger charge is 2.19. The van der Waals surface area contributed by atoms with E-state index in [0.717, 1.165) is 17.6 Å². The van der Waals surface area contributed by atoms with E-state index in [1.165, 1.54) is 30.8 Å². The van der Waals surface area contributed by atoms with E-state index in [-0.39, 0.29) is 0 Å². The monoisotopic (exact) mass is 251 g/mol. The van der Waals surface area contributed by atoms with Crippen LogP contribution >= 0.6 is 11.8 Å². The molecule has 0 bridgehead atoms. The Morgan fingerprint density at radius 2 is 2.47 bits per heavy atom. The third-order valence-corrected chi connectivity index (χ3v) is 4.57. The second-order valence-corrected chi connectivity index (χ2v) is 5.81. The van der Waals surface area contributed by atoms with Gasteiger partial charge in [-0.1, -0.05) is 13.0 Å². The molecule has 1 saturated heterocycles. The van der Waals surface area contributed by atoms with Gasteiger partial charge in [0.2, 0.25) is 0 Å². The number of hydrogen-bond donors (Lipinski definition) is 1. The van der Waals surface area contributed by atoms with E-state index in [0.29, 0.717) is 0 Å². The molecular weight excluding hydrogens is 230 g/mol. The van der Waals surface area contributed by atoms with Crippen LogP contribution < -0.4 is 5.32 Å². The van der Waals surface area contributed by atoms with Crippen molar-refractivity contribution < 1.29 is 0 Å². The zero-order chi connectivity index (χ0) is 12.1. The van der Waals surface area contributed by atoms with Crippen LogP contribution in [0.4, 0.5) is 5.82 Å². The molecule has 0 aliphatic carbocycles. The molecule has 1 fully saturated rings. The predicted molar refractivity (Wildman–Crippen MR) is 75.6 cm³/mol. The van der Waals surface area contributed by atoms with Gasteiger partial charge in [-0.15, -0.1) is 0 Å². The lowest BCUT2D eigenvalue weighted by atomic mass is 10.2. The summed E-state index contributed by atoms with van der Waals surface area (Å²) in [6.45, 7) is 5.70. The van der Waals surface area contributed by atoms with Gasteiger partial charge >= 0.3 is 0 Å². The maximum absolute atomic E-state index is 4.36. The van der Waals surface area contributed by atoms with Crippen molar-refractivity contribution in [2.75, 3.05) is 31.2 Å². The second kappa shape index (κ2) is 6.26. The summed E-state index contributed by atoms with van der Waals surface area (Å²) < 4.78 is 0. The van der Waals surface area contributed by atoms with E-state index in [1.54, 1.807) is 0 Å². The Labute approximate surface area is 108 Å². The van der Waals surface area contributed by atoms with Crippen molar-refractivity contribution in [3.63, 3.8) is 0 Å². The molecule has 1 unspecified atom stereocenters. The normalized spacial score (nSPS) is 21.4. The second-order valence-electron chi connectivity index (χ2n) is 4.40. The van der Waals surface area contributed by atoms with Crippen LogP contribution in [0.5, 0.6) is 0 Å². The average Bonchev–Trinajstić information content (AvgIpc) is 2.39. The van der Waals surface area contributed by atoms with Crippen LogP contribution in [-0.4, -0.2) is 41.0 Å². The first-order valence-corrected chi connectivity index (χ1v) is 7.34. The summed E-state index contributed by atoms with van der Waals surface area (Å²) in [6.07, 6.45) is 3.11. The molecule has 1 aromatic rings. The van der Waals surface area contributed by atoms with Crippen molar-refractivity contribution in [3.05, 3.63) is 23.9 Å². The van der Waals surface area contributed by atoms with Gasteiger partial charge in [-0.2, -0.15) is 11.8 Å². The first kappa shape index (κ1) is 12.7. The van der Waals surface area contributed by atoms with Crippen molar-refractivity contribution in [2.45, 2.75) is 25.1 Å². The number of hydrogen-bond acceptors (Lipinski definition) is 4. The number of anilines is 1. The summed E-state index contributed by atoms with van der Waals surface area (Å²) in [4.78, 5) is 6.90. The number of thioether (sulfide) groups is 1. The molecular formula is C13H21N3S. The molecule has 2 rings (SSSR count). The van der Waals surface area contributed by atoms with Crippen molar-refractivity contribution in [3.8, 4) is 0 Å². The summed E-state index contributed by atoms with van der Waals surface area (Å²) in [6, 6.07) is 4.19. The molecule has 17 heavy (non-hydrogen) atoms. The Balaban J connectivity index is 2.00. The van der Waals surface area contributed by atoms with Crippen molar-refractivity contribution in [1.82, 2.24) is 9.88 Å². The Kier molecular flexibility index (Phi) is 4.68. The molecule has 0 amide bonds. The summed E-state index contributed by atoms with van der Waals surface area (Å²) in [7, 11) is 1.94. The number of nitrogens with one attached hydrogen (secondary N) is 1. The molecule has 1 aliphatic heterocycles. The molecule has 3 nitrogen and oxygen atoms in total. The lowest BCUT2D eigenvalue weighted by Crippen LogP contribution is -2.37. The van der Waals surface area contributed by atoms with E-state index in [9.17, 15) is 0 Å². The van der Waals surface area contributed by atoms with Gasteiger partial charge in [0.15, 0.2) is 0 Å². The summed E-state index contributed by atoms with van der Waals surface area (Å²) in [5, 5.41) is 3.97. The SMILES string of the molecule is CCC1CN(Cc2cccnc2NC)CCS1. The predicted octanol–water partition coefficient (Wildman–Crippen LogP) is 2.45. The molecule has 4 heteroatoms. The minimum Gasteiger partial charge on any atom is -0.373 e. The first-order chi connectivity index (χ1) is 8.33. The molecule has 0 spiro atoms. The number of aromatic nitrogens is 1. The van der Waals surface area contributed by atoms with Crippen LogP contribution in [0.1, 0.15) is 18.9 Å². The number of nitrogens with zero attached hydrogens (tertiary/aromatic N) is 2. The molecule has 94 valence electrons. The Bertz CT molecular complexity index is 356. The van der Waals surface area contributed by atoms with Gasteiger partial charge in [0.05, 0.1) is 0 Å². The van der Waals surface area contributed by atoms with Crippen LogP contribution in [0.3, 0.4) is 0 Å². The van der Waals surface area contributed by atoms with Gasteiger partial charge in [0.1, 0.15) is 5.82 Å². The van der Waals surface area contributed by atoms with Gasteiger partial charge in [0.25, 0.3) is 0 Å². The quantitative estimate of drug-likeness (QED) is 0.890. The molecule has 1 aromatic heterocycles. The Hall–Kier alpha value is -0.740. The largest absolute Gasteiger partial charge is 0.373 e. The van der Waals surface area contributed by atoms with Gasteiger partial charge in [-0.05, 0) is 12.5 Å². The smallest absolute Gasteiger partial charge is 0.130 e. The van der Waals surface area contributed by atoms with E-state index in [4.69, 9.17) is 0 Å². The van der Waals surface area contributed by atoms with Crippen LogP contribution in [0.2, 0.25) is 0 Å². The lowest BCUT2D eigenvalue weighted by molar-refractivity contribution is 0.273. The molecule has 0 saturated carbocycles. The fourth-order valence-corrected chi connectivity index (χ4v) is 3.45. The topological polar surface area (TPSA) is 28.2 Å². The van der Waals surface area contributed by atoms with E-state index >= 15 is 0 Å².